The van der Waals surface area contributed by atoms with Gasteiger partial charge in [-0.25, -0.2) is 4.98 Å². The van der Waals surface area contributed by atoms with Crippen LogP contribution in [0.2, 0.25) is 5.02 Å². The van der Waals surface area contributed by atoms with Crippen molar-refractivity contribution in [3.05, 3.63) is 47.5 Å². The minimum atomic E-state index is 0.382. The molecule has 0 fully saturated rings. The van der Waals surface area contributed by atoms with Crippen LogP contribution in [0.25, 0.3) is 11.1 Å². The Morgan fingerprint density at radius 3 is 2.80 bits per heavy atom. The number of hydrogen-bond acceptors (Lipinski definition) is 3. The van der Waals surface area contributed by atoms with Crippen molar-refractivity contribution in [2.24, 2.45) is 0 Å². The van der Waals surface area contributed by atoms with Gasteiger partial charge in [0.25, 0.3) is 0 Å². The molecule has 0 aliphatic carbocycles. The first-order chi connectivity index (χ1) is 7.29. The van der Waals surface area contributed by atoms with Crippen molar-refractivity contribution in [2.75, 3.05) is 0 Å². The van der Waals surface area contributed by atoms with Crippen molar-refractivity contribution in [3.63, 3.8) is 0 Å². The molecule has 0 N–H and O–H groups in total. The summed E-state index contributed by atoms with van der Waals surface area (Å²) in [6.07, 6.45) is 4.86. The third kappa shape index (κ3) is 2.12. The van der Waals surface area contributed by atoms with E-state index >= 15 is 0 Å². The summed E-state index contributed by atoms with van der Waals surface area (Å²) in [5.74, 6) is 0. The minimum absolute atomic E-state index is 0.382. The van der Waals surface area contributed by atoms with Crippen LogP contribution in [-0.2, 0) is 0 Å². The summed E-state index contributed by atoms with van der Waals surface area (Å²) in [5, 5.41) is 9.28. The van der Waals surface area contributed by atoms with Crippen LogP contribution in [0, 0.1) is 11.3 Å². The van der Waals surface area contributed by atoms with E-state index in [4.69, 9.17) is 16.9 Å². The van der Waals surface area contributed by atoms with E-state index < -0.39 is 0 Å². The molecule has 0 aromatic carbocycles. The van der Waals surface area contributed by atoms with Gasteiger partial charge in [0.1, 0.15) is 11.8 Å². The molecule has 0 aliphatic heterocycles. The van der Waals surface area contributed by atoms with Crippen LogP contribution in [0.1, 0.15) is 5.69 Å². The standard InChI is InChI=1S/C11H6ClN3/c12-10-3-9(6-14-7-10)8-1-2-15-11(4-8)5-13/h1-4,6-7H. The van der Waals surface area contributed by atoms with Crippen LogP contribution in [0.4, 0.5) is 0 Å². The predicted molar refractivity (Wildman–Crippen MR) is 57.2 cm³/mol. The number of nitriles is 1. The number of aromatic nitrogens is 2. The third-order valence-corrected chi connectivity index (χ3v) is 2.12. The summed E-state index contributed by atoms with van der Waals surface area (Å²) < 4.78 is 0. The smallest absolute Gasteiger partial charge is 0.141 e. The van der Waals surface area contributed by atoms with Crippen molar-refractivity contribution in [2.45, 2.75) is 0 Å². The van der Waals surface area contributed by atoms with E-state index in [-0.39, 0.29) is 0 Å². The fourth-order valence-corrected chi connectivity index (χ4v) is 1.41. The fourth-order valence-electron chi connectivity index (χ4n) is 1.24. The number of hydrogen-bond donors (Lipinski definition) is 0. The average Bonchev–Trinajstić information content (AvgIpc) is 2.29. The molecule has 0 radical (unpaired) electrons. The first kappa shape index (κ1) is 9.63. The van der Waals surface area contributed by atoms with E-state index in [0.29, 0.717) is 10.7 Å². The molecule has 3 nitrogen and oxygen atoms in total. The lowest BCUT2D eigenvalue weighted by molar-refractivity contribution is 1.26. The molecular weight excluding hydrogens is 210 g/mol. The molecule has 0 saturated carbocycles. The Labute approximate surface area is 92.0 Å². The summed E-state index contributed by atoms with van der Waals surface area (Å²) in [5.41, 5.74) is 2.14. The van der Waals surface area contributed by atoms with Crippen LogP contribution in [0.3, 0.4) is 0 Å². The summed E-state index contributed by atoms with van der Waals surface area (Å²) >= 11 is 5.83. The van der Waals surface area contributed by atoms with Crippen molar-refractivity contribution in [1.29, 1.82) is 5.26 Å². The Morgan fingerprint density at radius 1 is 1.20 bits per heavy atom. The Bertz CT molecular complexity index is 531. The molecule has 15 heavy (non-hydrogen) atoms. The van der Waals surface area contributed by atoms with Crippen LogP contribution in [0.5, 0.6) is 0 Å². The monoisotopic (exact) mass is 215 g/mol. The van der Waals surface area contributed by atoms with E-state index in [2.05, 4.69) is 9.97 Å². The summed E-state index contributed by atoms with van der Waals surface area (Å²) in [6, 6.07) is 7.30. The highest BCUT2D eigenvalue weighted by atomic mass is 35.5. The van der Waals surface area contributed by atoms with Crippen LogP contribution in [-0.4, -0.2) is 9.97 Å². The van der Waals surface area contributed by atoms with Gasteiger partial charge >= 0.3 is 0 Å². The zero-order valence-corrected chi connectivity index (χ0v) is 8.44. The first-order valence-electron chi connectivity index (χ1n) is 4.26. The van der Waals surface area contributed by atoms with E-state index in [1.165, 1.54) is 0 Å². The molecule has 2 heterocycles. The van der Waals surface area contributed by atoms with Crippen molar-refractivity contribution < 1.29 is 0 Å². The van der Waals surface area contributed by atoms with Crippen LogP contribution >= 0.6 is 11.6 Å². The Kier molecular flexibility index (Phi) is 2.61. The quantitative estimate of drug-likeness (QED) is 0.735. The van der Waals surface area contributed by atoms with Crippen LogP contribution < -0.4 is 0 Å². The van der Waals surface area contributed by atoms with Crippen molar-refractivity contribution >= 4 is 11.6 Å². The zero-order valence-electron chi connectivity index (χ0n) is 7.68. The van der Waals surface area contributed by atoms with E-state index in [1.54, 1.807) is 30.7 Å². The lowest BCUT2D eigenvalue weighted by atomic mass is 10.1. The molecule has 0 amide bonds. The molecule has 0 aliphatic rings. The maximum Gasteiger partial charge on any atom is 0.141 e. The summed E-state index contributed by atoms with van der Waals surface area (Å²) in [7, 11) is 0. The molecule has 0 spiro atoms. The molecule has 0 saturated heterocycles. The normalized spacial score (nSPS) is 9.60. The Balaban J connectivity index is 2.50. The average molecular weight is 216 g/mol. The summed E-state index contributed by atoms with van der Waals surface area (Å²) in [4.78, 5) is 7.87. The van der Waals surface area contributed by atoms with Gasteiger partial charge in [0.15, 0.2) is 0 Å². The molecule has 2 aromatic rings. The van der Waals surface area contributed by atoms with Gasteiger partial charge in [-0.3, -0.25) is 4.98 Å². The number of pyridine rings is 2. The van der Waals surface area contributed by atoms with Gasteiger partial charge in [-0.1, -0.05) is 11.6 Å². The highest BCUT2D eigenvalue weighted by Gasteiger charge is 2.00. The van der Waals surface area contributed by atoms with Gasteiger partial charge < -0.3 is 0 Å². The zero-order chi connectivity index (χ0) is 10.7. The second-order valence-electron chi connectivity index (χ2n) is 2.93. The van der Waals surface area contributed by atoms with Crippen LogP contribution in [0.15, 0.2) is 36.8 Å². The molecule has 4 heteroatoms. The molecule has 2 aromatic heterocycles. The number of halogens is 1. The van der Waals surface area contributed by atoms with Gasteiger partial charge in [0.2, 0.25) is 0 Å². The van der Waals surface area contributed by atoms with E-state index in [0.717, 1.165) is 11.1 Å². The van der Waals surface area contributed by atoms with Gasteiger partial charge in [-0.15, -0.1) is 0 Å². The third-order valence-electron chi connectivity index (χ3n) is 1.91. The fraction of sp³-hybridized carbons (Fsp3) is 0. The first-order valence-corrected chi connectivity index (χ1v) is 4.64. The second-order valence-corrected chi connectivity index (χ2v) is 3.37. The maximum atomic E-state index is 8.71. The summed E-state index contributed by atoms with van der Waals surface area (Å²) in [6.45, 7) is 0. The van der Waals surface area contributed by atoms with Gasteiger partial charge in [-0.05, 0) is 23.8 Å². The molecule has 72 valence electrons. The predicted octanol–water partition coefficient (Wildman–Crippen LogP) is 2.67. The van der Waals surface area contributed by atoms with E-state index in [9.17, 15) is 0 Å². The van der Waals surface area contributed by atoms with Gasteiger partial charge in [0.05, 0.1) is 5.02 Å². The topological polar surface area (TPSA) is 49.6 Å². The molecule has 0 atom stereocenters. The number of rotatable bonds is 1. The van der Waals surface area contributed by atoms with E-state index in [1.807, 2.05) is 12.1 Å². The Morgan fingerprint density at radius 2 is 2.07 bits per heavy atom. The number of nitrogens with zero attached hydrogens (tertiary/aromatic N) is 3. The van der Waals surface area contributed by atoms with Crippen molar-refractivity contribution in [3.8, 4) is 17.2 Å². The maximum absolute atomic E-state index is 8.71. The lowest BCUT2D eigenvalue weighted by Crippen LogP contribution is -1.85. The second kappa shape index (κ2) is 4.07. The SMILES string of the molecule is N#Cc1cc(-c2cncc(Cl)c2)ccn1. The van der Waals surface area contributed by atoms with Gasteiger partial charge in [-0.2, -0.15) is 5.26 Å². The molecule has 0 unspecified atom stereocenters. The molecule has 0 bridgehead atoms. The largest absolute Gasteiger partial charge is 0.263 e. The lowest BCUT2D eigenvalue weighted by Gasteiger charge is -2.00. The minimum Gasteiger partial charge on any atom is -0.263 e. The van der Waals surface area contributed by atoms with Gasteiger partial charge in [0, 0.05) is 24.2 Å². The highest BCUT2D eigenvalue weighted by Crippen LogP contribution is 2.21. The van der Waals surface area contributed by atoms with Crippen molar-refractivity contribution in [1.82, 2.24) is 9.97 Å². The molecular formula is C11H6ClN3. The Hall–Kier alpha value is -1.92. The molecule has 2 rings (SSSR count). The highest BCUT2D eigenvalue weighted by molar-refractivity contribution is 6.30.